The molecule has 0 aliphatic heterocycles. The summed E-state index contributed by atoms with van der Waals surface area (Å²) in [6.45, 7) is 1.97. The number of hydrogen-bond donors (Lipinski definition) is 0. The summed E-state index contributed by atoms with van der Waals surface area (Å²) in [6, 6.07) is 8.39. The molecule has 0 bridgehead atoms. The molecule has 0 saturated heterocycles. The minimum atomic E-state index is -0.447. The van der Waals surface area contributed by atoms with E-state index in [2.05, 4.69) is 4.98 Å². The molecule has 1 unspecified atom stereocenters. The van der Waals surface area contributed by atoms with Gasteiger partial charge in [-0.15, -0.1) is 11.6 Å². The number of hydrogen-bond acceptors (Lipinski definition) is 1. The van der Waals surface area contributed by atoms with E-state index in [-0.39, 0.29) is 5.82 Å². The third kappa shape index (κ3) is 3.21. The third-order valence-electron chi connectivity index (χ3n) is 2.66. The summed E-state index contributed by atoms with van der Waals surface area (Å²) in [4.78, 5) is 4.26. The van der Waals surface area contributed by atoms with Gasteiger partial charge in [-0.2, -0.15) is 0 Å². The molecule has 0 N–H and O–H groups in total. The van der Waals surface area contributed by atoms with E-state index in [4.69, 9.17) is 23.2 Å². The second-order valence-electron chi connectivity index (χ2n) is 4.16. The van der Waals surface area contributed by atoms with Gasteiger partial charge in [0.1, 0.15) is 5.82 Å². The summed E-state index contributed by atoms with van der Waals surface area (Å²) in [6.07, 6.45) is 2.26. The number of benzene rings is 1. The minimum Gasteiger partial charge on any atom is -0.261 e. The molecule has 2 aromatic rings. The van der Waals surface area contributed by atoms with Gasteiger partial charge in [-0.3, -0.25) is 4.98 Å². The van der Waals surface area contributed by atoms with Crippen LogP contribution in [0.3, 0.4) is 0 Å². The van der Waals surface area contributed by atoms with Gasteiger partial charge in [0.2, 0.25) is 0 Å². The Hall–Kier alpha value is -1.12. The zero-order valence-electron chi connectivity index (χ0n) is 9.83. The highest BCUT2D eigenvalue weighted by molar-refractivity contribution is 6.30. The Morgan fingerprint density at radius 2 is 2.06 bits per heavy atom. The van der Waals surface area contributed by atoms with Gasteiger partial charge >= 0.3 is 0 Å². The fourth-order valence-corrected chi connectivity index (χ4v) is 2.16. The van der Waals surface area contributed by atoms with E-state index in [0.717, 1.165) is 11.3 Å². The van der Waals surface area contributed by atoms with Gasteiger partial charge in [0.15, 0.2) is 0 Å². The molecule has 0 fully saturated rings. The molecule has 0 amide bonds. The maximum Gasteiger partial charge on any atom is 0.129 e. The Labute approximate surface area is 116 Å². The molecule has 1 aromatic carbocycles. The van der Waals surface area contributed by atoms with Gasteiger partial charge in [-0.1, -0.05) is 23.7 Å². The van der Waals surface area contributed by atoms with Crippen LogP contribution in [0.4, 0.5) is 4.39 Å². The van der Waals surface area contributed by atoms with Crippen molar-refractivity contribution in [1.82, 2.24) is 4.98 Å². The maximum atomic E-state index is 13.7. The largest absolute Gasteiger partial charge is 0.261 e. The quantitative estimate of drug-likeness (QED) is 0.744. The van der Waals surface area contributed by atoms with E-state index in [1.54, 1.807) is 18.3 Å². The van der Waals surface area contributed by atoms with Crippen molar-refractivity contribution in [2.24, 2.45) is 0 Å². The zero-order chi connectivity index (χ0) is 13.1. The Balaban J connectivity index is 2.16. The first-order valence-electron chi connectivity index (χ1n) is 5.57. The summed E-state index contributed by atoms with van der Waals surface area (Å²) >= 11 is 11.9. The number of halogens is 3. The number of aryl methyl sites for hydroxylation is 1. The highest BCUT2D eigenvalue weighted by Crippen LogP contribution is 2.28. The number of nitrogens with zero attached hydrogens (tertiary/aromatic N) is 1. The molecule has 0 aliphatic carbocycles. The molecule has 0 spiro atoms. The van der Waals surface area contributed by atoms with E-state index in [1.807, 2.05) is 19.1 Å². The van der Waals surface area contributed by atoms with Crippen LogP contribution in [0.25, 0.3) is 0 Å². The van der Waals surface area contributed by atoms with Gasteiger partial charge < -0.3 is 0 Å². The molecule has 18 heavy (non-hydrogen) atoms. The monoisotopic (exact) mass is 283 g/mol. The molecular weight excluding hydrogens is 272 g/mol. The standard InChI is InChI=1S/C14H12Cl2FN/c1-9-2-4-11(18-8-9)7-13(16)12-5-3-10(15)6-14(12)17/h2-6,8,13H,7H2,1H3. The van der Waals surface area contributed by atoms with Crippen LogP contribution in [0, 0.1) is 12.7 Å². The lowest BCUT2D eigenvalue weighted by molar-refractivity contribution is 0.605. The van der Waals surface area contributed by atoms with Crippen molar-refractivity contribution in [3.63, 3.8) is 0 Å². The lowest BCUT2D eigenvalue weighted by atomic mass is 10.1. The second-order valence-corrected chi connectivity index (χ2v) is 5.13. The van der Waals surface area contributed by atoms with Crippen molar-refractivity contribution in [3.8, 4) is 0 Å². The molecule has 1 aromatic heterocycles. The summed E-state index contributed by atoms with van der Waals surface area (Å²) in [7, 11) is 0. The van der Waals surface area contributed by atoms with Crippen LogP contribution < -0.4 is 0 Å². The summed E-state index contributed by atoms with van der Waals surface area (Å²) in [5.74, 6) is -0.380. The summed E-state index contributed by atoms with van der Waals surface area (Å²) in [5, 5.41) is -0.0777. The average Bonchev–Trinajstić information content (AvgIpc) is 2.32. The van der Waals surface area contributed by atoms with Crippen LogP contribution in [0.15, 0.2) is 36.5 Å². The van der Waals surface area contributed by atoms with Crippen molar-refractivity contribution in [3.05, 3.63) is 64.2 Å². The van der Waals surface area contributed by atoms with Crippen LogP contribution in [0.5, 0.6) is 0 Å². The fourth-order valence-electron chi connectivity index (χ4n) is 1.67. The molecular formula is C14H12Cl2FN. The number of aromatic nitrogens is 1. The Morgan fingerprint density at radius 1 is 1.28 bits per heavy atom. The molecule has 4 heteroatoms. The molecule has 1 atom stereocenters. The van der Waals surface area contributed by atoms with E-state index >= 15 is 0 Å². The molecule has 0 aliphatic rings. The van der Waals surface area contributed by atoms with Gasteiger partial charge in [-0.25, -0.2) is 4.39 Å². The van der Waals surface area contributed by atoms with E-state index in [0.29, 0.717) is 17.0 Å². The molecule has 0 saturated carbocycles. The second kappa shape index (κ2) is 5.68. The van der Waals surface area contributed by atoms with Gasteiger partial charge in [0.25, 0.3) is 0 Å². The SMILES string of the molecule is Cc1ccc(CC(Cl)c2ccc(Cl)cc2F)nc1. The fraction of sp³-hybridized carbons (Fsp3) is 0.214. The topological polar surface area (TPSA) is 12.9 Å². The van der Waals surface area contributed by atoms with Crippen molar-refractivity contribution in [1.29, 1.82) is 0 Å². The number of alkyl halides is 1. The van der Waals surface area contributed by atoms with Gasteiger partial charge in [0.05, 0.1) is 5.38 Å². The van der Waals surface area contributed by atoms with Crippen molar-refractivity contribution >= 4 is 23.2 Å². The van der Waals surface area contributed by atoms with Gasteiger partial charge in [-0.05, 0) is 30.7 Å². The van der Waals surface area contributed by atoms with Crippen LogP contribution in [0.1, 0.15) is 22.2 Å². The third-order valence-corrected chi connectivity index (χ3v) is 3.29. The van der Waals surface area contributed by atoms with Crippen LogP contribution in [-0.4, -0.2) is 4.98 Å². The molecule has 94 valence electrons. The smallest absolute Gasteiger partial charge is 0.129 e. The van der Waals surface area contributed by atoms with Crippen LogP contribution >= 0.6 is 23.2 Å². The first-order chi connectivity index (χ1) is 8.56. The van der Waals surface area contributed by atoms with Crippen molar-refractivity contribution in [2.75, 3.05) is 0 Å². The van der Waals surface area contributed by atoms with E-state index in [1.165, 1.54) is 6.07 Å². The first-order valence-corrected chi connectivity index (χ1v) is 6.38. The Kier molecular flexibility index (Phi) is 4.20. The van der Waals surface area contributed by atoms with Gasteiger partial charge in [0, 0.05) is 28.9 Å². The number of rotatable bonds is 3. The summed E-state index contributed by atoms with van der Waals surface area (Å²) in [5.41, 5.74) is 2.38. The maximum absolute atomic E-state index is 13.7. The molecule has 0 radical (unpaired) electrons. The van der Waals surface area contributed by atoms with Crippen molar-refractivity contribution < 1.29 is 4.39 Å². The average molecular weight is 284 g/mol. The zero-order valence-corrected chi connectivity index (χ0v) is 11.3. The number of pyridine rings is 1. The minimum absolute atomic E-state index is 0.369. The lowest BCUT2D eigenvalue weighted by Gasteiger charge is -2.10. The highest BCUT2D eigenvalue weighted by Gasteiger charge is 2.14. The van der Waals surface area contributed by atoms with E-state index in [9.17, 15) is 4.39 Å². The molecule has 1 nitrogen and oxygen atoms in total. The predicted molar refractivity (Wildman–Crippen MR) is 72.7 cm³/mol. The predicted octanol–water partition coefficient (Wildman–Crippen LogP) is 4.71. The van der Waals surface area contributed by atoms with E-state index < -0.39 is 5.38 Å². The molecule has 2 rings (SSSR count). The Bertz CT molecular complexity index is 540. The molecule has 1 heterocycles. The van der Waals surface area contributed by atoms with Crippen LogP contribution in [-0.2, 0) is 6.42 Å². The lowest BCUT2D eigenvalue weighted by Crippen LogP contribution is -2.00. The Morgan fingerprint density at radius 3 is 2.67 bits per heavy atom. The van der Waals surface area contributed by atoms with Crippen molar-refractivity contribution in [2.45, 2.75) is 18.7 Å². The van der Waals surface area contributed by atoms with Crippen LogP contribution in [0.2, 0.25) is 5.02 Å². The summed E-state index contributed by atoms with van der Waals surface area (Å²) < 4.78 is 13.7. The first kappa shape index (κ1) is 13.3. The highest BCUT2D eigenvalue weighted by atomic mass is 35.5. The normalized spacial score (nSPS) is 12.4.